The number of fused-ring (bicyclic) bond motifs is 1. The average Bonchev–Trinajstić information content (AvgIpc) is 2.80. The lowest BCUT2D eigenvalue weighted by Crippen LogP contribution is -2.41. The summed E-state index contributed by atoms with van der Waals surface area (Å²) in [4.78, 5) is 12.2. The Balaban J connectivity index is 2.07. The highest BCUT2D eigenvalue weighted by atomic mass is 32.2. The second-order valence-electron chi connectivity index (χ2n) is 5.11. The molecular formula is C15H11F3N2O3S. The maximum absolute atomic E-state index is 13.2. The number of nitrogens with zero attached hydrogens (tertiary/aromatic N) is 1. The molecule has 5 nitrogen and oxygen atoms in total. The van der Waals surface area contributed by atoms with Gasteiger partial charge in [-0.1, -0.05) is 36.4 Å². The second-order valence-corrected chi connectivity index (χ2v) is 6.63. The van der Waals surface area contributed by atoms with Crippen molar-refractivity contribution in [3.8, 4) is 0 Å². The Morgan fingerprint density at radius 2 is 1.54 bits per heavy atom. The van der Waals surface area contributed by atoms with Crippen LogP contribution in [0.25, 0.3) is 0 Å². The van der Waals surface area contributed by atoms with E-state index in [9.17, 15) is 26.4 Å². The smallest absolute Gasteiger partial charge is 0.272 e. The molecule has 0 bridgehead atoms. The highest BCUT2D eigenvalue weighted by molar-refractivity contribution is 7.94. The Hall–Kier alpha value is -2.55. The molecule has 9 heteroatoms. The molecule has 0 radical (unpaired) electrons. The Bertz CT molecular complexity index is 882. The number of anilines is 2. The summed E-state index contributed by atoms with van der Waals surface area (Å²) in [6, 6.07) is 12.6. The zero-order valence-electron chi connectivity index (χ0n) is 12.0. The number of carbonyl (C=O) groups excluding carboxylic acids is 1. The Kier molecular flexibility index (Phi) is 3.75. The maximum Gasteiger partial charge on any atom is 0.404 e. The molecule has 0 fully saturated rings. The topological polar surface area (TPSA) is 66.5 Å². The Morgan fingerprint density at radius 1 is 0.958 bits per heavy atom. The number of nitrogens with one attached hydrogen (secondary N) is 1. The Labute approximate surface area is 135 Å². The van der Waals surface area contributed by atoms with E-state index in [0.717, 1.165) is 6.07 Å². The van der Waals surface area contributed by atoms with Crippen LogP contribution < -0.4 is 9.03 Å². The molecule has 24 heavy (non-hydrogen) atoms. The summed E-state index contributed by atoms with van der Waals surface area (Å²) in [6.45, 7) is 0. The molecule has 0 saturated carbocycles. The molecule has 0 spiro atoms. The largest absolute Gasteiger partial charge is 0.404 e. The summed E-state index contributed by atoms with van der Waals surface area (Å²) < 4.78 is 66.9. The molecule has 126 valence electrons. The van der Waals surface area contributed by atoms with E-state index in [1.54, 1.807) is 18.2 Å². The first-order chi connectivity index (χ1) is 11.2. The lowest BCUT2D eigenvalue weighted by molar-refractivity contribution is -0.160. The van der Waals surface area contributed by atoms with Gasteiger partial charge in [0, 0.05) is 0 Å². The van der Waals surface area contributed by atoms with Crippen molar-refractivity contribution in [2.24, 2.45) is 0 Å². The first-order valence-electron chi connectivity index (χ1n) is 6.79. The van der Waals surface area contributed by atoms with Crippen molar-refractivity contribution in [3.05, 3.63) is 60.2 Å². The van der Waals surface area contributed by atoms with Gasteiger partial charge in [-0.3, -0.25) is 9.52 Å². The van der Waals surface area contributed by atoms with E-state index in [1.807, 2.05) is 0 Å². The van der Waals surface area contributed by atoms with Crippen LogP contribution in [0.5, 0.6) is 0 Å². The summed E-state index contributed by atoms with van der Waals surface area (Å²) in [5.41, 5.74) is -0.542. The molecule has 0 aliphatic carbocycles. The normalized spacial score (nSPS) is 17.7. The van der Waals surface area contributed by atoms with Crippen LogP contribution in [-0.2, 0) is 15.0 Å². The van der Waals surface area contributed by atoms with Gasteiger partial charge in [-0.2, -0.15) is 25.9 Å². The molecule has 1 amide bonds. The summed E-state index contributed by atoms with van der Waals surface area (Å²) in [6.07, 6.45) is -4.88. The molecule has 2 aromatic carbocycles. The van der Waals surface area contributed by atoms with Gasteiger partial charge >= 0.3 is 16.4 Å². The van der Waals surface area contributed by atoms with Crippen molar-refractivity contribution in [1.29, 1.82) is 0 Å². The highest BCUT2D eigenvalue weighted by Crippen LogP contribution is 2.47. The maximum atomic E-state index is 13.2. The summed E-state index contributed by atoms with van der Waals surface area (Å²) >= 11 is 0. The zero-order chi connectivity index (χ0) is 17.5. The van der Waals surface area contributed by atoms with E-state index < -0.39 is 28.2 Å². The summed E-state index contributed by atoms with van der Waals surface area (Å²) in [7, 11) is -4.54. The van der Waals surface area contributed by atoms with Gasteiger partial charge < -0.3 is 0 Å². The van der Waals surface area contributed by atoms with Gasteiger partial charge in [0.1, 0.15) is 0 Å². The van der Waals surface area contributed by atoms with Gasteiger partial charge in [-0.05, 0) is 23.8 Å². The molecule has 1 aliphatic rings. The number of halogens is 3. The third-order valence-corrected chi connectivity index (χ3v) is 4.85. The number of hydrogen-bond donors (Lipinski definition) is 1. The van der Waals surface area contributed by atoms with E-state index in [2.05, 4.69) is 4.72 Å². The number of amides is 1. The molecule has 1 aliphatic heterocycles. The van der Waals surface area contributed by atoms with Crippen molar-refractivity contribution in [1.82, 2.24) is 0 Å². The van der Waals surface area contributed by atoms with E-state index in [4.69, 9.17) is 0 Å². The van der Waals surface area contributed by atoms with Gasteiger partial charge in [0.05, 0.1) is 11.4 Å². The van der Waals surface area contributed by atoms with Crippen LogP contribution in [-0.4, -0.2) is 20.5 Å². The third-order valence-electron chi connectivity index (χ3n) is 3.50. The van der Waals surface area contributed by atoms with Crippen molar-refractivity contribution in [2.45, 2.75) is 12.1 Å². The molecule has 1 unspecified atom stereocenters. The number of hydrogen-bond acceptors (Lipinski definition) is 3. The van der Waals surface area contributed by atoms with Gasteiger partial charge in [-0.15, -0.1) is 0 Å². The van der Waals surface area contributed by atoms with E-state index in [-0.39, 0.29) is 21.2 Å². The third kappa shape index (κ3) is 2.71. The fraction of sp³-hybridized carbons (Fsp3) is 0.133. The lowest BCUT2D eigenvalue weighted by atomic mass is 10.0. The molecular weight excluding hydrogens is 345 g/mol. The Morgan fingerprint density at radius 3 is 2.17 bits per heavy atom. The minimum Gasteiger partial charge on any atom is -0.272 e. The van der Waals surface area contributed by atoms with Crippen LogP contribution in [0.15, 0.2) is 54.6 Å². The van der Waals surface area contributed by atoms with Crippen LogP contribution in [0.1, 0.15) is 11.5 Å². The van der Waals surface area contributed by atoms with E-state index in [0.29, 0.717) is 0 Å². The van der Waals surface area contributed by atoms with Gasteiger partial charge in [0.2, 0.25) is 0 Å². The van der Waals surface area contributed by atoms with Crippen LogP contribution >= 0.6 is 0 Å². The standard InChI is InChI=1S/C15H11F3N2O3S/c16-15(17,18)13-11-8-4-5-9-12(11)20(14(13)21)24(22,23)19-10-6-2-1-3-7-10/h1-9,13,19H. The molecule has 2 aromatic rings. The SMILES string of the molecule is O=C1C(C(F)(F)F)c2ccccc2N1S(=O)(=O)Nc1ccccc1. The predicted octanol–water partition coefficient (Wildman–Crippen LogP) is 3.04. The number of para-hydroxylation sites is 2. The van der Waals surface area contributed by atoms with Crippen LogP contribution in [0.2, 0.25) is 0 Å². The van der Waals surface area contributed by atoms with Gasteiger partial charge in [0.25, 0.3) is 5.91 Å². The lowest BCUT2D eigenvalue weighted by Gasteiger charge is -2.19. The second kappa shape index (κ2) is 5.52. The fourth-order valence-corrected chi connectivity index (χ4v) is 3.84. The van der Waals surface area contributed by atoms with Crippen molar-refractivity contribution < 1.29 is 26.4 Å². The van der Waals surface area contributed by atoms with Crippen LogP contribution in [0.4, 0.5) is 24.5 Å². The molecule has 1 atom stereocenters. The van der Waals surface area contributed by atoms with Gasteiger partial charge in [0.15, 0.2) is 5.92 Å². The summed E-state index contributed by atoms with van der Waals surface area (Å²) in [5.74, 6) is -4.05. The predicted molar refractivity (Wildman–Crippen MR) is 81.7 cm³/mol. The number of alkyl halides is 3. The first kappa shape index (κ1) is 16.3. The quantitative estimate of drug-likeness (QED) is 0.919. The van der Waals surface area contributed by atoms with E-state index in [1.165, 1.54) is 30.3 Å². The summed E-state index contributed by atoms with van der Waals surface area (Å²) in [5, 5.41) is 0. The first-order valence-corrected chi connectivity index (χ1v) is 8.23. The van der Waals surface area contributed by atoms with Crippen LogP contribution in [0, 0.1) is 0 Å². The molecule has 3 rings (SSSR count). The zero-order valence-corrected chi connectivity index (χ0v) is 12.8. The van der Waals surface area contributed by atoms with E-state index >= 15 is 0 Å². The van der Waals surface area contributed by atoms with Crippen molar-refractivity contribution >= 4 is 27.5 Å². The van der Waals surface area contributed by atoms with Crippen molar-refractivity contribution in [3.63, 3.8) is 0 Å². The van der Waals surface area contributed by atoms with Crippen molar-refractivity contribution in [2.75, 3.05) is 9.03 Å². The molecule has 1 N–H and O–H groups in total. The fourth-order valence-electron chi connectivity index (χ4n) is 2.55. The number of rotatable bonds is 3. The monoisotopic (exact) mass is 356 g/mol. The molecule has 0 aromatic heterocycles. The average molecular weight is 356 g/mol. The van der Waals surface area contributed by atoms with Crippen LogP contribution in [0.3, 0.4) is 0 Å². The molecule has 0 saturated heterocycles. The number of benzene rings is 2. The minimum atomic E-state index is -4.88. The van der Waals surface area contributed by atoms with Gasteiger partial charge in [-0.25, -0.2) is 0 Å². The minimum absolute atomic E-state index is 0.137. The molecule has 1 heterocycles. The number of carbonyl (C=O) groups is 1. The highest BCUT2D eigenvalue weighted by Gasteiger charge is 2.56.